The quantitative estimate of drug-likeness (QED) is 0.358. The van der Waals surface area contributed by atoms with Crippen molar-refractivity contribution >= 4 is 18.3 Å². The van der Waals surface area contributed by atoms with E-state index in [1.54, 1.807) is 0 Å². The van der Waals surface area contributed by atoms with Gasteiger partial charge < -0.3 is 20.1 Å². The topological polar surface area (TPSA) is 111 Å². The van der Waals surface area contributed by atoms with E-state index >= 15 is 0 Å². The lowest BCUT2D eigenvalue weighted by Crippen LogP contribution is -2.32. The number of ether oxygens (including phenoxy) is 2. The Morgan fingerprint density at radius 1 is 0.758 bits per heavy atom. The summed E-state index contributed by atoms with van der Waals surface area (Å²) in [5, 5.41) is 5.60. The third-order valence-corrected chi connectivity index (χ3v) is 4.50. The lowest BCUT2D eigenvalue weighted by atomic mass is 10.1. The summed E-state index contributed by atoms with van der Waals surface area (Å²) in [4.78, 5) is 39.4. The van der Waals surface area contributed by atoms with Gasteiger partial charge in [0.25, 0.3) is 0 Å². The van der Waals surface area contributed by atoms with Gasteiger partial charge in [-0.25, -0.2) is 9.59 Å². The Bertz CT molecular complexity index is 667. The normalized spacial score (nSPS) is 10.3. The zero-order valence-electron chi connectivity index (χ0n) is 20.3. The Morgan fingerprint density at radius 2 is 1.18 bits per heavy atom. The smallest absolute Gasteiger partial charge is 0.407 e. The summed E-state index contributed by atoms with van der Waals surface area (Å²) in [6, 6.07) is 9.68. The number of amides is 2. The van der Waals surface area contributed by atoms with E-state index in [1.807, 2.05) is 51.1 Å². The molecule has 0 aliphatic heterocycles. The van der Waals surface area contributed by atoms with E-state index in [2.05, 4.69) is 10.6 Å². The minimum absolute atomic E-state index is 0.250. The van der Waals surface area contributed by atoms with Gasteiger partial charge >= 0.3 is 18.3 Å². The Kier molecular flexibility index (Phi) is 18.1. The van der Waals surface area contributed by atoms with Crippen LogP contribution in [0.5, 0.6) is 0 Å². The molecule has 0 aromatic heterocycles. The fourth-order valence-electron chi connectivity index (χ4n) is 2.96. The average Bonchev–Trinajstić information content (AvgIpc) is 2.75. The van der Waals surface area contributed by atoms with E-state index in [1.165, 1.54) is 32.1 Å². The molecule has 2 N–H and O–H groups in total. The largest absolute Gasteiger partial charge is 0.445 e. The van der Waals surface area contributed by atoms with E-state index in [9.17, 15) is 9.59 Å². The number of rotatable bonds is 14. The molecule has 8 heteroatoms. The van der Waals surface area contributed by atoms with Crippen LogP contribution < -0.4 is 10.6 Å². The predicted octanol–water partition coefficient (Wildman–Crippen LogP) is 5.36. The maximum absolute atomic E-state index is 11.6. The van der Waals surface area contributed by atoms with Gasteiger partial charge in [0.2, 0.25) is 0 Å². The van der Waals surface area contributed by atoms with Gasteiger partial charge in [0.1, 0.15) is 12.2 Å². The van der Waals surface area contributed by atoms with Crippen LogP contribution in [0.3, 0.4) is 0 Å². The zero-order chi connectivity index (χ0) is 24.8. The Morgan fingerprint density at radius 3 is 1.64 bits per heavy atom. The highest BCUT2D eigenvalue weighted by molar-refractivity contribution is 5.67. The van der Waals surface area contributed by atoms with Crippen molar-refractivity contribution in [2.45, 2.75) is 90.8 Å². The zero-order valence-corrected chi connectivity index (χ0v) is 20.3. The van der Waals surface area contributed by atoms with Crippen LogP contribution in [0.4, 0.5) is 9.59 Å². The van der Waals surface area contributed by atoms with Crippen LogP contribution in [0.25, 0.3) is 0 Å². The second-order valence-corrected chi connectivity index (χ2v) is 8.68. The number of benzene rings is 1. The molecule has 0 aliphatic rings. The molecule has 33 heavy (non-hydrogen) atoms. The maximum atomic E-state index is 11.6. The first kappa shape index (κ1) is 30.1. The van der Waals surface area contributed by atoms with E-state index in [0.717, 1.165) is 31.2 Å². The van der Waals surface area contributed by atoms with Crippen LogP contribution in [-0.2, 0) is 25.7 Å². The van der Waals surface area contributed by atoms with Gasteiger partial charge in [-0.1, -0.05) is 75.3 Å². The van der Waals surface area contributed by atoms with Crippen molar-refractivity contribution in [1.29, 1.82) is 0 Å². The van der Waals surface area contributed by atoms with Gasteiger partial charge in [0.05, 0.1) is 0 Å². The first-order valence-corrected chi connectivity index (χ1v) is 11.7. The van der Waals surface area contributed by atoms with Crippen molar-refractivity contribution in [3.8, 4) is 0 Å². The fourth-order valence-corrected chi connectivity index (χ4v) is 2.96. The summed E-state index contributed by atoms with van der Waals surface area (Å²) in [5.41, 5.74) is 0.554. The van der Waals surface area contributed by atoms with Crippen molar-refractivity contribution in [1.82, 2.24) is 10.6 Å². The van der Waals surface area contributed by atoms with Crippen LogP contribution in [0.2, 0.25) is 0 Å². The number of alkyl carbamates (subject to hydrolysis) is 2. The van der Waals surface area contributed by atoms with Crippen molar-refractivity contribution in [3.05, 3.63) is 35.9 Å². The first-order valence-electron chi connectivity index (χ1n) is 11.7. The summed E-state index contributed by atoms with van der Waals surface area (Å²) < 4.78 is 10.4. The number of nitrogens with one attached hydrogen (secondary N) is 2. The standard InChI is InChI=1S/C24H40N2O4.CO2/c1-24(2,3)30-23(28)26-19-15-10-8-6-4-5-7-9-14-18-25-22(27)29-20-21-16-12-11-13-17-21;2-1-3/h11-13,16-17H,4-10,14-15,18-20H2,1-3H3,(H,25,27)(H,26,28);. The van der Waals surface area contributed by atoms with E-state index < -0.39 is 5.60 Å². The molecule has 0 saturated carbocycles. The molecular formula is C25H40N2O6. The second kappa shape index (κ2) is 19.8. The van der Waals surface area contributed by atoms with Gasteiger partial charge in [-0.3, -0.25) is 0 Å². The third kappa shape index (κ3) is 22.1. The second-order valence-electron chi connectivity index (χ2n) is 8.68. The Hall–Kier alpha value is -2.86. The highest BCUT2D eigenvalue weighted by Crippen LogP contribution is 2.10. The highest BCUT2D eigenvalue weighted by atomic mass is 16.6. The molecule has 2 amide bonds. The van der Waals surface area contributed by atoms with Gasteiger partial charge in [-0.05, 0) is 39.2 Å². The van der Waals surface area contributed by atoms with Gasteiger partial charge in [-0.2, -0.15) is 9.59 Å². The minimum Gasteiger partial charge on any atom is -0.445 e. The maximum Gasteiger partial charge on any atom is 0.407 e. The summed E-state index contributed by atoms with van der Waals surface area (Å²) in [6.45, 7) is 7.25. The average molecular weight is 465 g/mol. The van der Waals surface area contributed by atoms with Crippen LogP contribution >= 0.6 is 0 Å². The Balaban J connectivity index is 0.00000322. The number of hydrogen-bond acceptors (Lipinski definition) is 6. The van der Waals surface area contributed by atoms with Crippen molar-refractivity contribution in [2.75, 3.05) is 13.1 Å². The first-order chi connectivity index (χ1) is 15.8. The molecule has 0 bridgehead atoms. The molecule has 0 heterocycles. The van der Waals surface area contributed by atoms with Crippen LogP contribution in [0.15, 0.2) is 30.3 Å². The number of unbranched alkanes of at least 4 members (excludes halogenated alkanes) is 8. The summed E-state index contributed by atoms with van der Waals surface area (Å²) >= 11 is 0. The van der Waals surface area contributed by atoms with E-state index in [-0.39, 0.29) is 18.3 Å². The van der Waals surface area contributed by atoms with Crippen molar-refractivity contribution in [3.63, 3.8) is 0 Å². The SMILES string of the molecule is CC(C)(C)OC(=O)NCCCCCCCCCCCNC(=O)OCc1ccccc1.O=C=O. The number of carbonyl (C=O) groups is 2. The van der Waals surface area contributed by atoms with Gasteiger partial charge in [0, 0.05) is 13.1 Å². The predicted molar refractivity (Wildman–Crippen MR) is 125 cm³/mol. The molecule has 1 aromatic rings. The van der Waals surface area contributed by atoms with E-state index in [0.29, 0.717) is 19.7 Å². The molecule has 0 radical (unpaired) electrons. The molecule has 8 nitrogen and oxygen atoms in total. The van der Waals surface area contributed by atoms with Crippen molar-refractivity contribution in [2.24, 2.45) is 0 Å². The number of hydrogen-bond donors (Lipinski definition) is 2. The van der Waals surface area contributed by atoms with Crippen LogP contribution in [-0.4, -0.2) is 37.0 Å². The van der Waals surface area contributed by atoms with E-state index in [4.69, 9.17) is 19.1 Å². The van der Waals surface area contributed by atoms with Gasteiger partial charge in [-0.15, -0.1) is 0 Å². The van der Waals surface area contributed by atoms with Crippen molar-refractivity contribution < 1.29 is 28.7 Å². The molecule has 0 spiro atoms. The molecule has 0 unspecified atom stereocenters. The molecule has 1 aromatic carbocycles. The lowest BCUT2D eigenvalue weighted by molar-refractivity contribution is -0.191. The molecular weight excluding hydrogens is 424 g/mol. The van der Waals surface area contributed by atoms with Gasteiger partial charge in [0.15, 0.2) is 0 Å². The lowest BCUT2D eigenvalue weighted by Gasteiger charge is -2.19. The van der Waals surface area contributed by atoms with Crippen LogP contribution in [0, 0.1) is 0 Å². The Labute approximate surface area is 197 Å². The molecule has 0 atom stereocenters. The summed E-state index contributed by atoms with van der Waals surface area (Å²) in [7, 11) is 0. The molecule has 0 saturated heterocycles. The number of carbonyl (C=O) groups excluding carboxylic acids is 4. The van der Waals surface area contributed by atoms with Crippen LogP contribution in [0.1, 0.15) is 84.1 Å². The minimum atomic E-state index is -0.439. The summed E-state index contributed by atoms with van der Waals surface area (Å²) in [5.74, 6) is 0. The highest BCUT2D eigenvalue weighted by Gasteiger charge is 2.15. The summed E-state index contributed by atoms with van der Waals surface area (Å²) in [6.07, 6.45) is 9.90. The third-order valence-electron chi connectivity index (χ3n) is 4.50. The molecule has 1 rings (SSSR count). The molecule has 0 aliphatic carbocycles. The fraction of sp³-hybridized carbons (Fsp3) is 0.640. The molecule has 186 valence electrons. The monoisotopic (exact) mass is 464 g/mol. The molecule has 0 fully saturated rings.